The predicted molar refractivity (Wildman–Crippen MR) is 141 cm³/mol. The molecule has 0 atom stereocenters. The summed E-state index contributed by atoms with van der Waals surface area (Å²) in [6.45, 7) is 2.04. The molecule has 4 nitrogen and oxygen atoms in total. The molecule has 0 unspecified atom stereocenters. The molecule has 0 fully saturated rings. The highest BCUT2D eigenvalue weighted by Crippen LogP contribution is 2.32. The first-order valence-electron chi connectivity index (χ1n) is 11.0. The molecule has 0 aliphatic rings. The zero-order valence-electron chi connectivity index (χ0n) is 18.7. The van der Waals surface area contributed by atoms with E-state index in [9.17, 15) is 4.79 Å². The fourth-order valence-corrected chi connectivity index (χ4v) is 4.64. The minimum Gasteiger partial charge on any atom is -0.309 e. The third kappa shape index (κ3) is 4.60. The Kier molecular flexibility index (Phi) is 6.19. The van der Waals surface area contributed by atoms with Crippen LogP contribution in [0.5, 0.6) is 0 Å². The van der Waals surface area contributed by atoms with Gasteiger partial charge >= 0.3 is 0 Å². The number of rotatable bonds is 6. The second-order valence-corrected chi connectivity index (χ2v) is 9.19. The Morgan fingerprint density at radius 1 is 0.765 bits per heavy atom. The summed E-state index contributed by atoms with van der Waals surface area (Å²) in [7, 11) is 0. The SMILES string of the molecule is Cc1ccc(/C=N\NC(=O)c2ccc(-n3c(-c4ccccc4)ccc3-c3ccccc3)cc2)s1. The summed E-state index contributed by atoms with van der Waals surface area (Å²) < 4.78 is 2.23. The highest BCUT2D eigenvalue weighted by Gasteiger charge is 2.14. The monoisotopic (exact) mass is 461 g/mol. The number of hydrazone groups is 1. The van der Waals surface area contributed by atoms with E-state index in [0.29, 0.717) is 5.56 Å². The first-order chi connectivity index (χ1) is 16.7. The summed E-state index contributed by atoms with van der Waals surface area (Å²) in [4.78, 5) is 14.8. The van der Waals surface area contributed by atoms with Gasteiger partial charge in [0, 0.05) is 21.0 Å². The molecule has 0 aliphatic carbocycles. The minimum absolute atomic E-state index is 0.241. The molecular weight excluding hydrogens is 438 g/mol. The third-order valence-corrected chi connectivity index (χ3v) is 6.46. The van der Waals surface area contributed by atoms with E-state index < -0.39 is 0 Å². The van der Waals surface area contributed by atoms with Crippen molar-refractivity contribution >= 4 is 23.5 Å². The fourth-order valence-electron chi connectivity index (χ4n) is 3.89. The van der Waals surface area contributed by atoms with Crippen molar-refractivity contribution in [1.29, 1.82) is 0 Å². The van der Waals surface area contributed by atoms with Gasteiger partial charge in [0.1, 0.15) is 0 Å². The van der Waals surface area contributed by atoms with Crippen molar-refractivity contribution in [3.05, 3.63) is 125 Å². The molecule has 0 saturated carbocycles. The van der Waals surface area contributed by atoms with Gasteiger partial charge in [-0.15, -0.1) is 11.3 Å². The number of aryl methyl sites for hydroxylation is 1. The maximum atomic E-state index is 12.6. The fraction of sp³-hybridized carbons (Fsp3) is 0.0345. The van der Waals surface area contributed by atoms with Crippen LogP contribution in [0.2, 0.25) is 0 Å². The minimum atomic E-state index is -0.241. The number of benzene rings is 3. The largest absolute Gasteiger partial charge is 0.309 e. The molecule has 166 valence electrons. The summed E-state index contributed by atoms with van der Waals surface area (Å²) in [5, 5.41) is 4.09. The molecule has 2 heterocycles. The van der Waals surface area contributed by atoms with Gasteiger partial charge in [-0.05, 0) is 66.6 Å². The van der Waals surface area contributed by atoms with Gasteiger partial charge in [0.15, 0.2) is 0 Å². The zero-order chi connectivity index (χ0) is 23.3. The normalized spacial score (nSPS) is 11.1. The predicted octanol–water partition coefficient (Wildman–Crippen LogP) is 6.95. The number of thiophene rings is 1. The average Bonchev–Trinajstić information content (AvgIpc) is 3.51. The average molecular weight is 462 g/mol. The second-order valence-electron chi connectivity index (χ2n) is 7.87. The van der Waals surface area contributed by atoms with Crippen LogP contribution in [-0.2, 0) is 0 Å². The second kappa shape index (κ2) is 9.73. The van der Waals surface area contributed by atoms with E-state index in [0.717, 1.165) is 33.1 Å². The van der Waals surface area contributed by atoms with Crippen molar-refractivity contribution in [2.45, 2.75) is 6.92 Å². The van der Waals surface area contributed by atoms with E-state index in [4.69, 9.17) is 0 Å². The summed E-state index contributed by atoms with van der Waals surface area (Å²) in [5.74, 6) is -0.241. The highest BCUT2D eigenvalue weighted by atomic mass is 32.1. The first kappa shape index (κ1) is 21.6. The van der Waals surface area contributed by atoms with E-state index >= 15 is 0 Å². The Bertz CT molecular complexity index is 1380. The lowest BCUT2D eigenvalue weighted by Crippen LogP contribution is -2.17. The van der Waals surface area contributed by atoms with Crippen LogP contribution < -0.4 is 5.43 Å². The van der Waals surface area contributed by atoms with Crippen LogP contribution in [0.3, 0.4) is 0 Å². The topological polar surface area (TPSA) is 46.4 Å². The van der Waals surface area contributed by atoms with E-state index in [1.165, 1.54) is 4.88 Å². The van der Waals surface area contributed by atoms with Crippen molar-refractivity contribution < 1.29 is 4.79 Å². The maximum absolute atomic E-state index is 12.6. The highest BCUT2D eigenvalue weighted by molar-refractivity contribution is 7.13. The van der Waals surface area contributed by atoms with Gasteiger partial charge in [-0.1, -0.05) is 60.7 Å². The van der Waals surface area contributed by atoms with Gasteiger partial charge in [-0.2, -0.15) is 5.10 Å². The molecule has 5 heteroatoms. The molecular formula is C29H23N3OS. The molecule has 5 aromatic rings. The quantitative estimate of drug-likeness (QED) is 0.216. The lowest BCUT2D eigenvalue weighted by molar-refractivity contribution is 0.0955. The van der Waals surface area contributed by atoms with Crippen LogP contribution in [0.1, 0.15) is 20.1 Å². The lowest BCUT2D eigenvalue weighted by atomic mass is 10.1. The Morgan fingerprint density at radius 3 is 1.88 bits per heavy atom. The Morgan fingerprint density at radius 2 is 1.35 bits per heavy atom. The summed E-state index contributed by atoms with van der Waals surface area (Å²) in [6, 6.07) is 36.5. The third-order valence-electron chi connectivity index (χ3n) is 5.53. The van der Waals surface area contributed by atoms with Gasteiger partial charge in [0.25, 0.3) is 5.91 Å². The van der Waals surface area contributed by atoms with Crippen molar-refractivity contribution in [2.75, 3.05) is 0 Å². The number of hydrogen-bond donors (Lipinski definition) is 1. The number of carbonyl (C=O) groups excluding carboxylic acids is 1. The number of hydrogen-bond acceptors (Lipinski definition) is 3. The summed E-state index contributed by atoms with van der Waals surface area (Å²) >= 11 is 1.63. The molecule has 2 aromatic heterocycles. The standard InChI is InChI=1S/C29H23N3OS/c1-21-12-17-26(34-21)20-30-31-29(33)24-13-15-25(16-14-24)32-27(22-8-4-2-5-9-22)18-19-28(32)23-10-6-3-7-11-23/h2-20H,1H3,(H,31,33)/b30-20-. The Hall–Kier alpha value is -4.22. The number of nitrogens with zero attached hydrogens (tertiary/aromatic N) is 2. The molecule has 0 radical (unpaired) electrons. The van der Waals surface area contributed by atoms with Crippen LogP contribution in [0, 0.1) is 6.92 Å². The number of carbonyl (C=O) groups is 1. The van der Waals surface area contributed by atoms with Crippen LogP contribution in [0.25, 0.3) is 28.2 Å². The maximum Gasteiger partial charge on any atom is 0.271 e. The molecule has 0 aliphatic heterocycles. The van der Waals surface area contributed by atoms with E-state index in [-0.39, 0.29) is 5.91 Å². The molecule has 5 rings (SSSR count). The van der Waals surface area contributed by atoms with Gasteiger partial charge in [-0.25, -0.2) is 5.43 Å². The number of aromatic nitrogens is 1. The van der Waals surface area contributed by atoms with Crippen LogP contribution in [0.15, 0.2) is 114 Å². The van der Waals surface area contributed by atoms with Crippen molar-refractivity contribution in [3.8, 4) is 28.2 Å². The molecule has 3 aromatic carbocycles. The molecule has 1 amide bonds. The van der Waals surface area contributed by atoms with Crippen molar-refractivity contribution in [2.24, 2.45) is 5.10 Å². The van der Waals surface area contributed by atoms with Crippen molar-refractivity contribution in [3.63, 3.8) is 0 Å². The molecule has 1 N–H and O–H groups in total. The van der Waals surface area contributed by atoms with E-state index in [1.54, 1.807) is 17.6 Å². The molecule has 0 spiro atoms. The van der Waals surface area contributed by atoms with Gasteiger partial charge in [0.05, 0.1) is 17.6 Å². The van der Waals surface area contributed by atoms with E-state index in [1.807, 2.05) is 79.7 Å². The van der Waals surface area contributed by atoms with Crippen molar-refractivity contribution in [1.82, 2.24) is 9.99 Å². The summed E-state index contributed by atoms with van der Waals surface area (Å²) in [5.41, 5.74) is 8.59. The zero-order valence-corrected chi connectivity index (χ0v) is 19.5. The molecule has 0 bridgehead atoms. The molecule has 0 saturated heterocycles. The number of nitrogens with one attached hydrogen (secondary N) is 1. The van der Waals surface area contributed by atoms with Crippen LogP contribution in [0.4, 0.5) is 0 Å². The van der Waals surface area contributed by atoms with E-state index in [2.05, 4.69) is 51.5 Å². The van der Waals surface area contributed by atoms with Crippen LogP contribution in [-0.4, -0.2) is 16.7 Å². The smallest absolute Gasteiger partial charge is 0.271 e. The van der Waals surface area contributed by atoms with Gasteiger partial charge in [0.2, 0.25) is 0 Å². The molecule has 34 heavy (non-hydrogen) atoms. The lowest BCUT2D eigenvalue weighted by Gasteiger charge is -2.15. The summed E-state index contributed by atoms with van der Waals surface area (Å²) in [6.07, 6.45) is 1.67. The first-order valence-corrected chi connectivity index (χ1v) is 11.8. The van der Waals surface area contributed by atoms with Gasteiger partial charge < -0.3 is 4.57 Å². The Balaban J connectivity index is 1.45. The number of amides is 1. The Labute approximate surface area is 202 Å². The van der Waals surface area contributed by atoms with Crippen LogP contribution >= 0.6 is 11.3 Å². The van der Waals surface area contributed by atoms with Gasteiger partial charge in [-0.3, -0.25) is 4.79 Å².